The zero-order valence-corrected chi connectivity index (χ0v) is 13.7. The van der Waals surface area contributed by atoms with Crippen LogP contribution in [0.5, 0.6) is 0 Å². The highest BCUT2D eigenvalue weighted by atomic mass is 32.1. The predicted molar refractivity (Wildman–Crippen MR) is 88.1 cm³/mol. The Kier molecular flexibility index (Phi) is 4.34. The van der Waals surface area contributed by atoms with Crippen molar-refractivity contribution in [3.8, 4) is 0 Å². The predicted octanol–water partition coefficient (Wildman–Crippen LogP) is 3.59. The van der Waals surface area contributed by atoms with Crippen molar-refractivity contribution in [1.29, 1.82) is 0 Å². The number of hydrogen-bond donors (Lipinski definition) is 1. The summed E-state index contributed by atoms with van der Waals surface area (Å²) < 4.78 is 39.6. The van der Waals surface area contributed by atoms with Gasteiger partial charge in [0.2, 0.25) is 0 Å². The lowest BCUT2D eigenvalue weighted by Gasteiger charge is -2.11. The number of amides is 1. The van der Waals surface area contributed by atoms with Crippen LogP contribution in [-0.2, 0) is 12.6 Å². The lowest BCUT2D eigenvalue weighted by molar-refractivity contribution is -0.137. The summed E-state index contributed by atoms with van der Waals surface area (Å²) in [6, 6.07) is 4.23. The van der Waals surface area contributed by atoms with Gasteiger partial charge in [0.1, 0.15) is 5.56 Å². The smallest absolute Gasteiger partial charge is 0.322 e. The molecule has 2 heterocycles. The number of alkyl halides is 3. The molecule has 0 bridgehead atoms. The molecule has 5 nitrogen and oxygen atoms in total. The first-order valence-corrected chi connectivity index (χ1v) is 8.16. The number of halogens is 3. The SMILES string of the molecule is CCc1nc2sccn2c(=O)c1C(=O)Nc1cccc(C(F)(F)F)c1. The third kappa shape index (κ3) is 3.27. The lowest BCUT2D eigenvalue weighted by atomic mass is 10.1. The number of thiazole rings is 1. The van der Waals surface area contributed by atoms with E-state index in [1.807, 2.05) is 0 Å². The molecule has 0 aliphatic rings. The molecule has 1 aromatic carbocycles. The number of carbonyl (C=O) groups excluding carboxylic acids is 1. The number of aromatic nitrogens is 2. The highest BCUT2D eigenvalue weighted by Gasteiger charge is 2.30. The van der Waals surface area contributed by atoms with Crippen molar-refractivity contribution in [2.75, 3.05) is 5.32 Å². The average Bonchev–Trinajstić information content (AvgIpc) is 3.02. The summed E-state index contributed by atoms with van der Waals surface area (Å²) in [5.74, 6) is -0.783. The van der Waals surface area contributed by atoms with Crippen molar-refractivity contribution < 1.29 is 18.0 Å². The van der Waals surface area contributed by atoms with E-state index in [1.165, 1.54) is 34.1 Å². The molecule has 0 fully saturated rings. The molecule has 0 radical (unpaired) electrons. The first-order chi connectivity index (χ1) is 11.8. The quantitative estimate of drug-likeness (QED) is 0.770. The highest BCUT2D eigenvalue weighted by Crippen LogP contribution is 2.30. The molecule has 0 saturated carbocycles. The van der Waals surface area contributed by atoms with Crippen LogP contribution in [0, 0.1) is 0 Å². The molecule has 9 heteroatoms. The second-order valence-corrected chi connectivity index (χ2v) is 6.05. The number of carbonyl (C=O) groups is 1. The summed E-state index contributed by atoms with van der Waals surface area (Å²) in [5.41, 5.74) is -1.35. The number of nitrogens with one attached hydrogen (secondary N) is 1. The zero-order valence-electron chi connectivity index (χ0n) is 12.9. The number of benzene rings is 1. The summed E-state index contributed by atoms with van der Waals surface area (Å²) in [4.78, 5) is 29.7. The van der Waals surface area contributed by atoms with Crippen LogP contribution in [0.4, 0.5) is 18.9 Å². The Labute approximate surface area is 143 Å². The molecule has 130 valence electrons. The zero-order chi connectivity index (χ0) is 18.2. The maximum atomic E-state index is 12.8. The molecule has 3 rings (SSSR count). The molecule has 0 aliphatic carbocycles. The third-order valence-corrected chi connectivity index (χ3v) is 4.31. The highest BCUT2D eigenvalue weighted by molar-refractivity contribution is 7.15. The van der Waals surface area contributed by atoms with Crippen molar-refractivity contribution in [2.24, 2.45) is 0 Å². The van der Waals surface area contributed by atoms with Gasteiger partial charge >= 0.3 is 6.18 Å². The molecule has 1 N–H and O–H groups in total. The maximum absolute atomic E-state index is 12.8. The molecule has 0 unspecified atom stereocenters. The van der Waals surface area contributed by atoms with Gasteiger partial charge in [-0.25, -0.2) is 4.98 Å². The van der Waals surface area contributed by atoms with Crippen LogP contribution in [0.1, 0.15) is 28.5 Å². The molecule has 0 saturated heterocycles. The number of nitrogens with zero attached hydrogens (tertiary/aromatic N) is 2. The largest absolute Gasteiger partial charge is 0.416 e. The normalized spacial score (nSPS) is 11.7. The lowest BCUT2D eigenvalue weighted by Crippen LogP contribution is -2.28. The Morgan fingerprint density at radius 1 is 1.36 bits per heavy atom. The summed E-state index contributed by atoms with van der Waals surface area (Å²) in [7, 11) is 0. The van der Waals surface area contributed by atoms with Crippen molar-refractivity contribution in [3.05, 3.63) is 63.0 Å². The molecular formula is C16H12F3N3O2S. The molecule has 2 aromatic heterocycles. The summed E-state index contributed by atoms with van der Waals surface area (Å²) in [6.07, 6.45) is -2.68. The van der Waals surface area contributed by atoms with Gasteiger partial charge in [-0.05, 0) is 24.6 Å². The number of aryl methyl sites for hydroxylation is 1. The van der Waals surface area contributed by atoms with Crippen LogP contribution >= 0.6 is 11.3 Å². The van der Waals surface area contributed by atoms with Crippen LogP contribution in [-0.4, -0.2) is 15.3 Å². The van der Waals surface area contributed by atoms with Gasteiger partial charge in [0, 0.05) is 17.3 Å². The maximum Gasteiger partial charge on any atom is 0.416 e. The standard InChI is InChI=1S/C16H12F3N3O2S/c1-2-11-12(14(24)22-6-7-25-15(22)21-11)13(23)20-10-5-3-4-9(8-10)16(17,18)19/h3-8H,2H2,1H3,(H,20,23). The van der Waals surface area contributed by atoms with Gasteiger partial charge < -0.3 is 5.32 Å². The van der Waals surface area contributed by atoms with Crippen LogP contribution in [0.25, 0.3) is 4.96 Å². The monoisotopic (exact) mass is 367 g/mol. The Balaban J connectivity index is 2.01. The van der Waals surface area contributed by atoms with Crippen LogP contribution in [0.15, 0.2) is 40.6 Å². The molecule has 0 spiro atoms. The minimum absolute atomic E-state index is 0.0447. The number of fused-ring (bicyclic) bond motifs is 1. The molecule has 3 aromatic rings. The molecule has 0 atom stereocenters. The minimum Gasteiger partial charge on any atom is -0.322 e. The average molecular weight is 367 g/mol. The first-order valence-electron chi connectivity index (χ1n) is 7.28. The van der Waals surface area contributed by atoms with Gasteiger partial charge in [0.15, 0.2) is 4.96 Å². The fraction of sp³-hybridized carbons (Fsp3) is 0.188. The number of hydrogen-bond acceptors (Lipinski definition) is 4. The summed E-state index contributed by atoms with van der Waals surface area (Å²) in [6.45, 7) is 1.74. The molecule has 0 aliphatic heterocycles. The minimum atomic E-state index is -4.52. The van der Waals surface area contributed by atoms with E-state index >= 15 is 0 Å². The van der Waals surface area contributed by atoms with Gasteiger partial charge in [-0.15, -0.1) is 11.3 Å². The third-order valence-electron chi connectivity index (χ3n) is 3.55. The van der Waals surface area contributed by atoms with Gasteiger partial charge in [0.25, 0.3) is 11.5 Å². The van der Waals surface area contributed by atoms with Gasteiger partial charge in [-0.2, -0.15) is 13.2 Å². The van der Waals surface area contributed by atoms with E-state index in [-0.39, 0.29) is 11.3 Å². The van der Waals surface area contributed by atoms with Crippen molar-refractivity contribution >= 4 is 27.9 Å². The topological polar surface area (TPSA) is 63.5 Å². The van der Waals surface area contributed by atoms with Gasteiger partial charge in [-0.3, -0.25) is 14.0 Å². The van der Waals surface area contributed by atoms with E-state index in [0.29, 0.717) is 17.1 Å². The number of anilines is 1. The second kappa shape index (κ2) is 6.32. The Hall–Kier alpha value is -2.68. The van der Waals surface area contributed by atoms with Gasteiger partial charge in [0.05, 0.1) is 11.3 Å². The van der Waals surface area contributed by atoms with Crippen molar-refractivity contribution in [3.63, 3.8) is 0 Å². The molecule has 1 amide bonds. The fourth-order valence-electron chi connectivity index (χ4n) is 2.37. The van der Waals surface area contributed by atoms with Crippen LogP contribution in [0.2, 0.25) is 0 Å². The summed E-state index contributed by atoms with van der Waals surface area (Å²) >= 11 is 1.26. The summed E-state index contributed by atoms with van der Waals surface area (Å²) in [5, 5.41) is 4.02. The van der Waals surface area contributed by atoms with E-state index in [4.69, 9.17) is 0 Å². The van der Waals surface area contributed by atoms with Crippen LogP contribution in [0.3, 0.4) is 0 Å². The van der Waals surface area contributed by atoms with E-state index in [2.05, 4.69) is 10.3 Å². The Morgan fingerprint density at radius 3 is 2.80 bits per heavy atom. The molecular weight excluding hydrogens is 355 g/mol. The Bertz CT molecular complexity index is 1010. The van der Waals surface area contributed by atoms with E-state index in [1.54, 1.807) is 12.3 Å². The van der Waals surface area contributed by atoms with E-state index < -0.39 is 23.2 Å². The molecule has 25 heavy (non-hydrogen) atoms. The number of rotatable bonds is 3. The fourth-order valence-corrected chi connectivity index (χ4v) is 3.10. The van der Waals surface area contributed by atoms with Gasteiger partial charge in [-0.1, -0.05) is 13.0 Å². The first kappa shape index (κ1) is 17.2. The van der Waals surface area contributed by atoms with E-state index in [0.717, 1.165) is 12.1 Å². The van der Waals surface area contributed by atoms with E-state index in [9.17, 15) is 22.8 Å². The Morgan fingerprint density at radius 2 is 2.12 bits per heavy atom. The van der Waals surface area contributed by atoms with Crippen molar-refractivity contribution in [2.45, 2.75) is 19.5 Å². The van der Waals surface area contributed by atoms with Crippen LogP contribution < -0.4 is 10.9 Å². The van der Waals surface area contributed by atoms with Crippen molar-refractivity contribution in [1.82, 2.24) is 9.38 Å². The second-order valence-electron chi connectivity index (χ2n) is 5.18.